The van der Waals surface area contributed by atoms with Gasteiger partial charge in [-0.2, -0.15) is 0 Å². The molecule has 4 rings (SSSR count). The Kier molecular flexibility index (Phi) is 32.0. The SMILES string of the molecule is C.C.C.C.C.C.CC(C)(C)N1CCCC1.CC(C)(C)N1CCCC1=O.CC(C)(C)N1CCCCC1.CC(C)(C)N1CCCCC1. The van der Waals surface area contributed by atoms with E-state index in [4.69, 9.17) is 0 Å². The van der Waals surface area contributed by atoms with E-state index in [2.05, 4.69) is 97.8 Å². The summed E-state index contributed by atoms with van der Waals surface area (Å²) in [5.74, 6) is 0.313. The van der Waals surface area contributed by atoms with Crippen LogP contribution in [-0.4, -0.2) is 93.5 Å². The first kappa shape index (κ1) is 56.7. The maximum absolute atomic E-state index is 11.1. The fraction of sp³-hybridized carbons (Fsp3) is 0.975. The van der Waals surface area contributed by atoms with Crippen molar-refractivity contribution in [2.24, 2.45) is 0 Å². The highest BCUT2D eigenvalue weighted by Crippen LogP contribution is 2.22. The van der Waals surface area contributed by atoms with Gasteiger partial charge in [-0.05, 0) is 167 Å². The van der Waals surface area contributed by atoms with Crippen LogP contribution in [0.3, 0.4) is 0 Å². The maximum atomic E-state index is 11.1. The molecule has 0 saturated carbocycles. The highest BCUT2D eigenvalue weighted by Gasteiger charge is 2.29. The Morgan fingerprint density at radius 1 is 0.356 bits per heavy atom. The van der Waals surface area contributed by atoms with Crippen LogP contribution in [0.5, 0.6) is 0 Å². The van der Waals surface area contributed by atoms with Crippen molar-refractivity contribution in [3.63, 3.8) is 0 Å². The van der Waals surface area contributed by atoms with Crippen molar-refractivity contribution in [3.05, 3.63) is 0 Å². The minimum Gasteiger partial charge on any atom is -0.338 e. The Bertz CT molecular complexity index is 632. The van der Waals surface area contributed by atoms with Gasteiger partial charge < -0.3 is 4.90 Å². The molecule has 0 aromatic carbocycles. The summed E-state index contributed by atoms with van der Waals surface area (Å²) < 4.78 is 0. The summed E-state index contributed by atoms with van der Waals surface area (Å²) in [6.45, 7) is 35.7. The number of rotatable bonds is 0. The van der Waals surface area contributed by atoms with Crippen LogP contribution in [0, 0.1) is 0 Å². The number of carbonyl (C=O) groups excluding carboxylic acids is 1. The molecule has 4 saturated heterocycles. The van der Waals surface area contributed by atoms with E-state index in [1.807, 2.05) is 4.90 Å². The summed E-state index contributed by atoms with van der Waals surface area (Å²) in [6, 6.07) is 0. The topological polar surface area (TPSA) is 30.0 Å². The van der Waals surface area contributed by atoms with Crippen LogP contribution in [0.4, 0.5) is 0 Å². The molecule has 0 N–H and O–H groups in total. The first-order valence-corrected chi connectivity index (χ1v) is 16.4. The van der Waals surface area contributed by atoms with Gasteiger partial charge in [0.2, 0.25) is 5.91 Å². The Morgan fingerprint density at radius 2 is 0.600 bits per heavy atom. The summed E-state index contributed by atoms with van der Waals surface area (Å²) in [5.41, 5.74) is 1.25. The molecule has 0 bridgehead atoms. The number of hydrogen-bond acceptors (Lipinski definition) is 4. The quantitative estimate of drug-likeness (QED) is 0.262. The van der Waals surface area contributed by atoms with Gasteiger partial charge in [0.1, 0.15) is 0 Å². The van der Waals surface area contributed by atoms with Crippen LogP contribution >= 0.6 is 0 Å². The minimum atomic E-state index is 0. The molecule has 1 amide bonds. The van der Waals surface area contributed by atoms with Gasteiger partial charge in [0, 0.05) is 35.1 Å². The zero-order valence-corrected chi connectivity index (χ0v) is 28.7. The Labute approximate surface area is 289 Å². The lowest BCUT2D eigenvalue weighted by molar-refractivity contribution is -0.131. The molecule has 0 aliphatic carbocycles. The molecule has 0 radical (unpaired) electrons. The molecule has 4 aliphatic rings. The maximum Gasteiger partial charge on any atom is 0.223 e. The van der Waals surface area contributed by atoms with Gasteiger partial charge >= 0.3 is 0 Å². The predicted octanol–water partition coefficient (Wildman–Crippen LogP) is 11.6. The third-order valence-electron chi connectivity index (χ3n) is 8.55. The fourth-order valence-corrected chi connectivity index (χ4v) is 5.87. The Balaban J connectivity index is -0.000000108. The van der Waals surface area contributed by atoms with E-state index in [9.17, 15) is 4.79 Å². The van der Waals surface area contributed by atoms with Crippen LogP contribution in [0.15, 0.2) is 0 Å². The van der Waals surface area contributed by atoms with E-state index in [0.717, 1.165) is 19.4 Å². The highest BCUT2D eigenvalue weighted by atomic mass is 16.2. The van der Waals surface area contributed by atoms with Gasteiger partial charge in [-0.1, -0.05) is 57.4 Å². The van der Waals surface area contributed by atoms with Crippen molar-refractivity contribution < 1.29 is 4.79 Å². The molecule has 4 fully saturated rings. The minimum absolute atomic E-state index is 0. The van der Waals surface area contributed by atoms with Gasteiger partial charge in [-0.15, -0.1) is 0 Å². The summed E-state index contributed by atoms with van der Waals surface area (Å²) in [7, 11) is 0. The van der Waals surface area contributed by atoms with Gasteiger partial charge in [-0.25, -0.2) is 0 Å². The number of carbonyl (C=O) groups is 1. The smallest absolute Gasteiger partial charge is 0.223 e. The normalized spacial score (nSPS) is 19.4. The summed E-state index contributed by atoms with van der Waals surface area (Å²) in [6.07, 6.45) is 13.1. The van der Waals surface area contributed by atoms with Crippen molar-refractivity contribution in [1.29, 1.82) is 0 Å². The van der Waals surface area contributed by atoms with E-state index >= 15 is 0 Å². The zero-order valence-electron chi connectivity index (χ0n) is 28.7. The molecule has 0 atom stereocenters. The second kappa shape index (κ2) is 25.4. The Hall–Kier alpha value is -0.650. The third-order valence-corrected chi connectivity index (χ3v) is 8.55. The number of nitrogens with zero attached hydrogens (tertiary/aromatic N) is 4. The summed E-state index contributed by atoms with van der Waals surface area (Å²) >= 11 is 0. The van der Waals surface area contributed by atoms with Crippen LogP contribution in [-0.2, 0) is 4.79 Å². The molecular weight excluding hydrogens is 552 g/mol. The molecule has 0 aromatic heterocycles. The molecule has 45 heavy (non-hydrogen) atoms. The number of likely N-dealkylation sites (tertiary alicyclic amines) is 4. The van der Waals surface area contributed by atoms with E-state index in [-0.39, 0.29) is 50.1 Å². The van der Waals surface area contributed by atoms with E-state index in [0.29, 0.717) is 22.5 Å². The van der Waals surface area contributed by atoms with Gasteiger partial charge in [-0.3, -0.25) is 19.5 Å². The third kappa shape index (κ3) is 23.3. The van der Waals surface area contributed by atoms with Crippen molar-refractivity contribution >= 4 is 5.91 Å². The lowest BCUT2D eigenvalue weighted by Crippen LogP contribution is -2.44. The van der Waals surface area contributed by atoms with E-state index in [1.165, 1.54) is 90.6 Å². The molecule has 0 spiro atoms. The number of amides is 1. The molecule has 4 heterocycles. The first-order chi connectivity index (χ1) is 17.8. The zero-order chi connectivity index (χ0) is 29.9. The lowest BCUT2D eigenvalue weighted by Gasteiger charge is -2.38. The molecular formula is C40H94N4O. The molecule has 0 aromatic rings. The second-order valence-corrected chi connectivity index (χ2v) is 16.1. The highest BCUT2D eigenvalue weighted by molar-refractivity contribution is 5.78. The van der Waals surface area contributed by atoms with Crippen molar-refractivity contribution in [2.75, 3.05) is 45.8 Å². The molecule has 0 unspecified atom stereocenters. The average Bonchev–Trinajstić information content (AvgIpc) is 3.52. The summed E-state index contributed by atoms with van der Waals surface area (Å²) in [5, 5.41) is 0. The van der Waals surface area contributed by atoms with Crippen LogP contribution in [0.25, 0.3) is 0 Å². The monoisotopic (exact) mass is 647 g/mol. The standard InChI is InChI=1S/2C9H19N.C8H15NO.C8H17N.6CH4/c2*1-9(2,3)10-7-5-4-6-8-10;1-8(2,3)9-6-4-5-7(9)10;1-8(2,3)9-6-4-5-7-9;;;;;;/h2*4-8H2,1-3H3;4-6H2,1-3H3;4-7H2,1-3H3;6*1H4. The fourth-order valence-electron chi connectivity index (χ4n) is 5.87. The van der Waals surface area contributed by atoms with Gasteiger partial charge in [0.25, 0.3) is 0 Å². The van der Waals surface area contributed by atoms with Crippen LogP contribution in [0.1, 0.15) is 192 Å². The second-order valence-electron chi connectivity index (χ2n) is 16.1. The Morgan fingerprint density at radius 3 is 0.733 bits per heavy atom. The van der Waals surface area contributed by atoms with Crippen molar-refractivity contribution in [2.45, 2.75) is 214 Å². The molecule has 5 heteroatoms. The van der Waals surface area contributed by atoms with E-state index in [1.54, 1.807) is 0 Å². The van der Waals surface area contributed by atoms with Gasteiger partial charge in [0.15, 0.2) is 0 Å². The number of piperidine rings is 2. The van der Waals surface area contributed by atoms with Gasteiger partial charge in [0.05, 0.1) is 0 Å². The van der Waals surface area contributed by atoms with Crippen LogP contribution in [0.2, 0.25) is 0 Å². The molecule has 280 valence electrons. The predicted molar refractivity (Wildman–Crippen MR) is 212 cm³/mol. The van der Waals surface area contributed by atoms with E-state index < -0.39 is 0 Å². The first-order valence-electron chi connectivity index (χ1n) is 16.4. The summed E-state index contributed by atoms with van der Waals surface area (Å²) in [4.78, 5) is 20.8. The lowest BCUT2D eigenvalue weighted by atomic mass is 10.0. The molecule has 5 nitrogen and oxygen atoms in total. The van der Waals surface area contributed by atoms with Crippen molar-refractivity contribution in [3.8, 4) is 0 Å². The number of hydrogen-bond donors (Lipinski definition) is 0. The van der Waals surface area contributed by atoms with Crippen molar-refractivity contribution in [1.82, 2.24) is 19.6 Å². The largest absolute Gasteiger partial charge is 0.338 e. The van der Waals surface area contributed by atoms with Crippen LogP contribution < -0.4 is 0 Å². The molecule has 4 aliphatic heterocycles. The average molecular weight is 647 g/mol.